The van der Waals surface area contributed by atoms with Crippen molar-refractivity contribution in [3.05, 3.63) is 0 Å². The van der Waals surface area contributed by atoms with Gasteiger partial charge in [0.1, 0.15) is 5.41 Å². The van der Waals surface area contributed by atoms with Crippen LogP contribution in [0.1, 0.15) is 38.5 Å². The molecule has 106 valence electrons. The Morgan fingerprint density at radius 1 is 1.26 bits per heavy atom. The van der Waals surface area contributed by atoms with Crippen molar-refractivity contribution in [2.45, 2.75) is 44.6 Å². The van der Waals surface area contributed by atoms with Gasteiger partial charge in [0.05, 0.1) is 6.10 Å². The first-order chi connectivity index (χ1) is 9.12. The first-order valence-electron chi connectivity index (χ1n) is 7.26. The molecular formula is C14H21NO4. The number of amides is 1. The molecule has 1 N–H and O–H groups in total. The van der Waals surface area contributed by atoms with Crippen LogP contribution in [0.3, 0.4) is 0 Å². The summed E-state index contributed by atoms with van der Waals surface area (Å²) in [6.45, 7) is 2.05. The highest BCUT2D eigenvalue weighted by Gasteiger charge is 2.58. The fourth-order valence-electron chi connectivity index (χ4n) is 2.76. The van der Waals surface area contributed by atoms with Crippen LogP contribution in [0.2, 0.25) is 0 Å². The molecule has 1 saturated heterocycles. The van der Waals surface area contributed by atoms with E-state index in [-0.39, 0.29) is 12.0 Å². The quantitative estimate of drug-likeness (QED) is 0.762. The molecule has 3 aliphatic rings. The van der Waals surface area contributed by atoms with Gasteiger partial charge in [0, 0.05) is 19.7 Å². The Labute approximate surface area is 112 Å². The molecule has 0 aromatic rings. The number of aliphatic carboxylic acids is 1. The van der Waals surface area contributed by atoms with Gasteiger partial charge in [-0.2, -0.15) is 0 Å². The summed E-state index contributed by atoms with van der Waals surface area (Å²) in [4.78, 5) is 25.2. The van der Waals surface area contributed by atoms with Crippen molar-refractivity contribution in [1.82, 2.24) is 4.90 Å². The molecule has 0 aromatic carbocycles. The lowest BCUT2D eigenvalue weighted by Gasteiger charge is -2.34. The number of rotatable bonds is 5. The van der Waals surface area contributed by atoms with Crippen LogP contribution < -0.4 is 0 Å². The molecule has 1 unspecified atom stereocenters. The molecule has 0 radical (unpaired) electrons. The third kappa shape index (κ3) is 2.61. The van der Waals surface area contributed by atoms with E-state index in [0.29, 0.717) is 25.9 Å². The monoisotopic (exact) mass is 267 g/mol. The Morgan fingerprint density at radius 2 is 2.00 bits per heavy atom. The largest absolute Gasteiger partial charge is 0.480 e. The van der Waals surface area contributed by atoms with Gasteiger partial charge in [0.2, 0.25) is 5.91 Å². The Balaban J connectivity index is 1.55. The standard InChI is InChI=1S/C14H21NO4/c16-12(14(5-6-14)13(17)18)15-7-1-2-11(8-15)19-9-10-3-4-10/h10-11H,1-9H2,(H,17,18). The zero-order valence-corrected chi connectivity index (χ0v) is 11.1. The average molecular weight is 267 g/mol. The van der Waals surface area contributed by atoms with E-state index in [1.807, 2.05) is 0 Å². The minimum absolute atomic E-state index is 0.0999. The molecule has 0 aromatic heterocycles. The third-order valence-electron chi connectivity index (χ3n) is 4.50. The van der Waals surface area contributed by atoms with Crippen molar-refractivity contribution >= 4 is 11.9 Å². The van der Waals surface area contributed by atoms with Crippen LogP contribution in [0.15, 0.2) is 0 Å². The number of carboxylic acid groups (broad SMARTS) is 1. The minimum Gasteiger partial charge on any atom is -0.480 e. The molecule has 2 saturated carbocycles. The molecule has 3 fully saturated rings. The van der Waals surface area contributed by atoms with Gasteiger partial charge in [-0.15, -0.1) is 0 Å². The number of carbonyl (C=O) groups is 2. The predicted octanol–water partition coefficient (Wildman–Crippen LogP) is 1.27. The zero-order chi connectivity index (χ0) is 13.5. The van der Waals surface area contributed by atoms with Gasteiger partial charge < -0.3 is 14.7 Å². The zero-order valence-electron chi connectivity index (χ0n) is 11.1. The molecule has 0 bridgehead atoms. The molecule has 3 rings (SSSR count). The van der Waals surface area contributed by atoms with Crippen LogP contribution in [0.5, 0.6) is 0 Å². The highest BCUT2D eigenvalue weighted by atomic mass is 16.5. The number of carboxylic acids is 1. The average Bonchev–Trinajstić information content (AvgIpc) is 3.29. The second-order valence-corrected chi connectivity index (χ2v) is 6.18. The van der Waals surface area contributed by atoms with Crippen LogP contribution in [0.4, 0.5) is 0 Å². The first-order valence-corrected chi connectivity index (χ1v) is 7.26. The maximum Gasteiger partial charge on any atom is 0.319 e. The van der Waals surface area contributed by atoms with Crippen LogP contribution in [-0.2, 0) is 14.3 Å². The van der Waals surface area contributed by atoms with Gasteiger partial charge >= 0.3 is 5.97 Å². The van der Waals surface area contributed by atoms with E-state index >= 15 is 0 Å². The van der Waals surface area contributed by atoms with Gasteiger partial charge in [-0.05, 0) is 44.4 Å². The summed E-state index contributed by atoms with van der Waals surface area (Å²) in [6, 6.07) is 0. The number of likely N-dealkylation sites (tertiary alicyclic amines) is 1. The van der Waals surface area contributed by atoms with Gasteiger partial charge in [-0.1, -0.05) is 0 Å². The number of ether oxygens (including phenoxy) is 1. The fraction of sp³-hybridized carbons (Fsp3) is 0.857. The molecule has 1 heterocycles. The summed E-state index contributed by atoms with van der Waals surface area (Å²) < 4.78 is 5.84. The molecule has 1 atom stereocenters. The summed E-state index contributed by atoms with van der Waals surface area (Å²) in [5.74, 6) is -0.432. The van der Waals surface area contributed by atoms with Crippen molar-refractivity contribution in [2.75, 3.05) is 19.7 Å². The Kier molecular flexibility index (Phi) is 3.25. The van der Waals surface area contributed by atoms with Crippen LogP contribution >= 0.6 is 0 Å². The summed E-state index contributed by atoms with van der Waals surface area (Å²) in [5.41, 5.74) is -1.10. The van der Waals surface area contributed by atoms with Crippen molar-refractivity contribution in [3.8, 4) is 0 Å². The fourth-order valence-corrected chi connectivity index (χ4v) is 2.76. The lowest BCUT2D eigenvalue weighted by Crippen LogP contribution is -2.48. The molecule has 1 amide bonds. The van der Waals surface area contributed by atoms with E-state index in [2.05, 4.69) is 0 Å². The Bertz CT molecular complexity index is 387. The second kappa shape index (κ2) is 4.78. The molecule has 19 heavy (non-hydrogen) atoms. The topological polar surface area (TPSA) is 66.8 Å². The third-order valence-corrected chi connectivity index (χ3v) is 4.50. The number of piperidine rings is 1. The smallest absolute Gasteiger partial charge is 0.319 e. The molecule has 2 aliphatic carbocycles. The van der Waals surface area contributed by atoms with Gasteiger partial charge in [0.25, 0.3) is 0 Å². The van der Waals surface area contributed by atoms with E-state index < -0.39 is 11.4 Å². The summed E-state index contributed by atoms with van der Waals surface area (Å²) in [7, 11) is 0. The normalized spacial score (nSPS) is 29.1. The lowest BCUT2D eigenvalue weighted by molar-refractivity contribution is -0.155. The SMILES string of the molecule is O=C(O)C1(C(=O)N2CCCC(OCC3CC3)C2)CC1. The molecule has 5 nitrogen and oxygen atoms in total. The van der Waals surface area contributed by atoms with E-state index in [1.54, 1.807) is 4.90 Å². The summed E-state index contributed by atoms with van der Waals surface area (Å²) >= 11 is 0. The molecule has 1 aliphatic heterocycles. The second-order valence-electron chi connectivity index (χ2n) is 6.18. The van der Waals surface area contributed by atoms with E-state index in [0.717, 1.165) is 25.4 Å². The van der Waals surface area contributed by atoms with Crippen molar-refractivity contribution in [3.63, 3.8) is 0 Å². The summed E-state index contributed by atoms with van der Waals surface area (Å²) in [6.07, 6.45) is 5.50. The number of hydrogen-bond acceptors (Lipinski definition) is 3. The maximum atomic E-state index is 12.3. The number of nitrogens with zero attached hydrogens (tertiary/aromatic N) is 1. The highest BCUT2D eigenvalue weighted by Crippen LogP contribution is 2.47. The Morgan fingerprint density at radius 3 is 2.58 bits per heavy atom. The highest BCUT2D eigenvalue weighted by molar-refractivity contribution is 6.04. The number of hydrogen-bond donors (Lipinski definition) is 1. The van der Waals surface area contributed by atoms with E-state index in [4.69, 9.17) is 4.74 Å². The summed E-state index contributed by atoms with van der Waals surface area (Å²) in [5, 5.41) is 9.18. The number of carbonyl (C=O) groups excluding carboxylic acids is 1. The van der Waals surface area contributed by atoms with Crippen molar-refractivity contribution < 1.29 is 19.4 Å². The molecule has 5 heteroatoms. The predicted molar refractivity (Wildman–Crippen MR) is 67.6 cm³/mol. The Hall–Kier alpha value is -1.10. The van der Waals surface area contributed by atoms with E-state index in [1.165, 1.54) is 12.8 Å². The maximum absolute atomic E-state index is 12.3. The first kappa shape index (κ1) is 12.9. The molecule has 0 spiro atoms. The van der Waals surface area contributed by atoms with Crippen molar-refractivity contribution in [1.29, 1.82) is 0 Å². The van der Waals surface area contributed by atoms with E-state index in [9.17, 15) is 14.7 Å². The molecular weight excluding hydrogens is 246 g/mol. The van der Waals surface area contributed by atoms with Crippen LogP contribution in [0.25, 0.3) is 0 Å². The van der Waals surface area contributed by atoms with Crippen LogP contribution in [-0.4, -0.2) is 47.7 Å². The van der Waals surface area contributed by atoms with Crippen molar-refractivity contribution in [2.24, 2.45) is 11.3 Å². The minimum atomic E-state index is -1.10. The van der Waals surface area contributed by atoms with Gasteiger partial charge in [0.15, 0.2) is 0 Å². The van der Waals surface area contributed by atoms with Crippen LogP contribution in [0, 0.1) is 11.3 Å². The van der Waals surface area contributed by atoms with Gasteiger partial charge in [-0.3, -0.25) is 9.59 Å². The van der Waals surface area contributed by atoms with Gasteiger partial charge in [-0.25, -0.2) is 0 Å². The lowest BCUT2D eigenvalue weighted by atomic mass is 10.0.